The molecule has 0 heterocycles. The zero-order valence-electron chi connectivity index (χ0n) is 11.9. The maximum atomic E-state index is 9.55. The first kappa shape index (κ1) is 13.6. The highest BCUT2D eigenvalue weighted by molar-refractivity contribution is 5.67. The normalized spacial score (nSPS) is 10.5. The molecule has 0 unspecified atom stereocenters. The fraction of sp³-hybridized carbons (Fsp3) is 0.294. The van der Waals surface area contributed by atoms with Gasteiger partial charge in [-0.05, 0) is 39.0 Å². The predicted octanol–water partition coefficient (Wildman–Crippen LogP) is 3.95. The van der Waals surface area contributed by atoms with Gasteiger partial charge < -0.3 is 10.0 Å². The van der Waals surface area contributed by atoms with Crippen molar-refractivity contribution in [3.05, 3.63) is 59.2 Å². The number of aryl methyl sites for hydroxylation is 2. The summed E-state index contributed by atoms with van der Waals surface area (Å²) in [6.45, 7) is 7.20. The molecule has 2 aromatic rings. The monoisotopic (exact) mass is 255 g/mol. The zero-order chi connectivity index (χ0) is 13.8. The lowest BCUT2D eigenvalue weighted by Crippen LogP contribution is -2.17. The molecule has 19 heavy (non-hydrogen) atoms. The predicted molar refractivity (Wildman–Crippen MR) is 81.0 cm³/mol. The summed E-state index contributed by atoms with van der Waals surface area (Å²) in [5.74, 6) is 0. The molecule has 0 bridgehead atoms. The van der Waals surface area contributed by atoms with Crippen LogP contribution < -0.4 is 4.90 Å². The Morgan fingerprint density at radius 2 is 1.58 bits per heavy atom. The van der Waals surface area contributed by atoms with Crippen molar-refractivity contribution in [1.29, 1.82) is 0 Å². The molecule has 0 spiro atoms. The highest BCUT2D eigenvalue weighted by Crippen LogP contribution is 2.29. The number of aliphatic hydroxyl groups excluding tert-OH is 1. The molecule has 0 atom stereocenters. The Kier molecular flexibility index (Phi) is 4.23. The molecule has 2 nitrogen and oxygen atoms in total. The molecule has 2 rings (SSSR count). The van der Waals surface area contributed by atoms with Gasteiger partial charge in [0.25, 0.3) is 0 Å². The average molecular weight is 255 g/mol. The van der Waals surface area contributed by atoms with Crippen LogP contribution in [0.5, 0.6) is 0 Å². The molecule has 1 N–H and O–H groups in total. The fourth-order valence-corrected chi connectivity index (χ4v) is 2.32. The first-order valence-electron chi connectivity index (χ1n) is 6.70. The molecule has 0 radical (unpaired) electrons. The van der Waals surface area contributed by atoms with Crippen LogP contribution in [0.4, 0.5) is 11.4 Å². The van der Waals surface area contributed by atoms with E-state index < -0.39 is 0 Å². The molecule has 2 aromatic carbocycles. The van der Waals surface area contributed by atoms with Gasteiger partial charge in [-0.1, -0.05) is 35.4 Å². The topological polar surface area (TPSA) is 23.5 Å². The van der Waals surface area contributed by atoms with Crippen molar-refractivity contribution in [3.63, 3.8) is 0 Å². The van der Waals surface area contributed by atoms with E-state index in [1.807, 2.05) is 13.0 Å². The summed E-state index contributed by atoms with van der Waals surface area (Å²) < 4.78 is 0. The minimum atomic E-state index is 0.0688. The Morgan fingerprint density at radius 1 is 0.947 bits per heavy atom. The van der Waals surface area contributed by atoms with E-state index in [0.717, 1.165) is 23.5 Å². The largest absolute Gasteiger partial charge is 0.392 e. The number of rotatable bonds is 4. The van der Waals surface area contributed by atoms with Crippen molar-refractivity contribution < 1.29 is 5.11 Å². The first-order chi connectivity index (χ1) is 9.15. The summed E-state index contributed by atoms with van der Waals surface area (Å²) >= 11 is 0. The highest BCUT2D eigenvalue weighted by Gasteiger charge is 2.11. The molecule has 0 aliphatic rings. The molecule has 0 aliphatic heterocycles. The Bertz CT molecular complexity index is 546. The van der Waals surface area contributed by atoms with Crippen LogP contribution in [0.15, 0.2) is 42.5 Å². The van der Waals surface area contributed by atoms with Gasteiger partial charge in [0.15, 0.2) is 0 Å². The third kappa shape index (κ3) is 2.96. The van der Waals surface area contributed by atoms with E-state index in [0.29, 0.717) is 0 Å². The lowest BCUT2D eigenvalue weighted by Gasteiger charge is -2.26. The third-order valence-corrected chi connectivity index (χ3v) is 3.36. The van der Waals surface area contributed by atoms with Crippen LogP contribution in [-0.4, -0.2) is 11.7 Å². The molecule has 0 saturated carbocycles. The van der Waals surface area contributed by atoms with Crippen molar-refractivity contribution in [2.75, 3.05) is 11.4 Å². The lowest BCUT2D eigenvalue weighted by atomic mass is 10.1. The molecule has 0 aliphatic carbocycles. The second-order valence-corrected chi connectivity index (χ2v) is 4.87. The van der Waals surface area contributed by atoms with Crippen molar-refractivity contribution in [1.82, 2.24) is 0 Å². The first-order valence-corrected chi connectivity index (χ1v) is 6.70. The van der Waals surface area contributed by atoms with Gasteiger partial charge in [0.1, 0.15) is 0 Å². The Hall–Kier alpha value is -1.80. The maximum Gasteiger partial charge on any atom is 0.0702 e. The van der Waals surface area contributed by atoms with Crippen molar-refractivity contribution >= 4 is 11.4 Å². The minimum Gasteiger partial charge on any atom is -0.392 e. The van der Waals surface area contributed by atoms with Gasteiger partial charge in [-0.25, -0.2) is 0 Å². The Morgan fingerprint density at radius 3 is 2.16 bits per heavy atom. The van der Waals surface area contributed by atoms with Crippen LogP contribution in [0.25, 0.3) is 0 Å². The SMILES string of the molecule is CCN(c1ccc(C)cc1)c1ccc(C)cc1CO. The number of hydrogen-bond acceptors (Lipinski definition) is 2. The van der Waals surface area contributed by atoms with Gasteiger partial charge >= 0.3 is 0 Å². The zero-order valence-corrected chi connectivity index (χ0v) is 11.9. The Labute approximate surface area is 115 Å². The fourth-order valence-electron chi connectivity index (χ4n) is 2.32. The minimum absolute atomic E-state index is 0.0688. The lowest BCUT2D eigenvalue weighted by molar-refractivity contribution is 0.282. The van der Waals surface area contributed by atoms with E-state index in [2.05, 4.69) is 55.1 Å². The number of aliphatic hydroxyl groups is 1. The molecule has 100 valence electrons. The van der Waals surface area contributed by atoms with Crippen LogP contribution in [0.2, 0.25) is 0 Å². The second kappa shape index (κ2) is 5.89. The van der Waals surface area contributed by atoms with Crippen molar-refractivity contribution in [2.45, 2.75) is 27.4 Å². The number of anilines is 2. The van der Waals surface area contributed by atoms with E-state index in [9.17, 15) is 5.11 Å². The summed E-state index contributed by atoms with van der Waals surface area (Å²) in [6.07, 6.45) is 0. The van der Waals surface area contributed by atoms with Gasteiger partial charge in [0.05, 0.1) is 6.61 Å². The summed E-state index contributed by atoms with van der Waals surface area (Å²) in [4.78, 5) is 2.23. The summed E-state index contributed by atoms with van der Waals surface area (Å²) in [6, 6.07) is 14.7. The second-order valence-electron chi connectivity index (χ2n) is 4.87. The molecular formula is C17H21NO. The smallest absolute Gasteiger partial charge is 0.0702 e. The van der Waals surface area contributed by atoms with E-state index in [1.54, 1.807) is 0 Å². The molecule has 0 aromatic heterocycles. The van der Waals surface area contributed by atoms with Crippen LogP contribution in [0.3, 0.4) is 0 Å². The van der Waals surface area contributed by atoms with Gasteiger partial charge in [0.2, 0.25) is 0 Å². The number of nitrogens with zero attached hydrogens (tertiary/aromatic N) is 1. The average Bonchev–Trinajstić information content (AvgIpc) is 2.43. The molecule has 0 saturated heterocycles. The van der Waals surface area contributed by atoms with Crippen LogP contribution >= 0.6 is 0 Å². The standard InChI is InChI=1S/C17H21NO/c1-4-18(16-8-5-13(2)6-9-16)17-10-7-14(3)11-15(17)12-19/h5-11,19H,4,12H2,1-3H3. The Balaban J connectivity index is 2.44. The van der Waals surface area contributed by atoms with E-state index in [-0.39, 0.29) is 6.61 Å². The van der Waals surface area contributed by atoms with E-state index >= 15 is 0 Å². The molecule has 0 fully saturated rings. The summed E-state index contributed by atoms with van der Waals surface area (Å²) in [5, 5.41) is 9.55. The molecule has 2 heteroatoms. The van der Waals surface area contributed by atoms with Gasteiger partial charge in [-0.2, -0.15) is 0 Å². The summed E-state index contributed by atoms with van der Waals surface area (Å²) in [5.41, 5.74) is 5.65. The van der Waals surface area contributed by atoms with Crippen LogP contribution in [-0.2, 0) is 6.61 Å². The molecule has 0 amide bonds. The molecular weight excluding hydrogens is 234 g/mol. The van der Waals surface area contributed by atoms with Gasteiger partial charge in [0, 0.05) is 23.5 Å². The van der Waals surface area contributed by atoms with E-state index in [1.165, 1.54) is 11.1 Å². The maximum absolute atomic E-state index is 9.55. The van der Waals surface area contributed by atoms with Crippen molar-refractivity contribution in [2.24, 2.45) is 0 Å². The quantitative estimate of drug-likeness (QED) is 0.894. The van der Waals surface area contributed by atoms with Gasteiger partial charge in [-0.15, -0.1) is 0 Å². The summed E-state index contributed by atoms with van der Waals surface area (Å²) in [7, 11) is 0. The van der Waals surface area contributed by atoms with Gasteiger partial charge in [-0.3, -0.25) is 0 Å². The number of hydrogen-bond donors (Lipinski definition) is 1. The van der Waals surface area contributed by atoms with E-state index in [4.69, 9.17) is 0 Å². The third-order valence-electron chi connectivity index (χ3n) is 3.36. The van der Waals surface area contributed by atoms with Crippen LogP contribution in [0.1, 0.15) is 23.6 Å². The number of benzene rings is 2. The highest BCUT2D eigenvalue weighted by atomic mass is 16.3. The van der Waals surface area contributed by atoms with Crippen LogP contribution in [0, 0.1) is 13.8 Å². The van der Waals surface area contributed by atoms with Crippen molar-refractivity contribution in [3.8, 4) is 0 Å².